The molecule has 0 bridgehead atoms. The van der Waals surface area contributed by atoms with Crippen molar-refractivity contribution in [1.82, 2.24) is 24.0 Å². The molecule has 48 heavy (non-hydrogen) atoms. The Morgan fingerprint density at radius 2 is 1.88 bits per heavy atom. The number of allylic oxidation sites excluding steroid dienone is 1. The average Bonchev–Trinajstić information content (AvgIpc) is 3.77. The van der Waals surface area contributed by atoms with Crippen LogP contribution >= 0.6 is 11.3 Å². The summed E-state index contributed by atoms with van der Waals surface area (Å²) in [7, 11) is -4.68. The van der Waals surface area contributed by atoms with Gasteiger partial charge in [0, 0.05) is 17.7 Å². The zero-order valence-electron chi connectivity index (χ0n) is 23.7. The van der Waals surface area contributed by atoms with E-state index in [4.69, 9.17) is 20.1 Å². The van der Waals surface area contributed by atoms with E-state index in [0.29, 0.717) is 14.8 Å². The number of hydrogen-bond donors (Lipinski definition) is 8. The number of carbonyl (C=O) groups is 5. The molecule has 23 nitrogen and oxygen atoms in total. The molecule has 2 saturated heterocycles. The van der Waals surface area contributed by atoms with Crippen molar-refractivity contribution in [1.29, 1.82) is 0 Å². The topological polar surface area (TPSA) is 342 Å². The number of anilines is 1. The summed E-state index contributed by atoms with van der Waals surface area (Å²) in [6, 6.07) is -3.63. The number of nitrogens with zero attached hydrogens (tertiary/aromatic N) is 5. The summed E-state index contributed by atoms with van der Waals surface area (Å²) in [5.41, 5.74) is -1.39. The third-order valence-electron chi connectivity index (χ3n) is 7.16. The number of carboxylic acids is 2. The SMILES string of the molecule is Nc1nc(/C(=N/OC(CO)(CO)C(=O)O)C(=O)N[C@H]2CON(C3(C(=O)O)CC(N4C=C5C=C(O)C(O)=CN5S4(=O)=O)C(=O)O3)C2=O)cs1. The first-order valence-electron chi connectivity index (χ1n) is 13.0. The third-order valence-corrected chi connectivity index (χ3v) is 9.54. The number of aliphatic carboxylic acids is 2. The Kier molecular flexibility index (Phi) is 8.42. The minimum atomic E-state index is -4.68. The van der Waals surface area contributed by atoms with Crippen molar-refractivity contribution in [2.24, 2.45) is 5.16 Å². The number of nitrogens with two attached hydrogens (primary N) is 1. The number of cyclic esters (lactones) is 1. The normalized spacial score (nSPS) is 25.2. The largest absolute Gasteiger partial charge is 0.504 e. The monoisotopic (exact) mass is 717 g/mol. The lowest BCUT2D eigenvalue weighted by molar-refractivity contribution is -0.256. The molecule has 2 fully saturated rings. The molecule has 0 spiro atoms. The van der Waals surface area contributed by atoms with E-state index in [1.165, 1.54) is 5.38 Å². The smallest absolute Gasteiger partial charge is 0.372 e. The molecule has 258 valence electrons. The second-order valence-electron chi connectivity index (χ2n) is 10.1. The number of esters is 1. The van der Waals surface area contributed by atoms with E-state index in [9.17, 15) is 63.0 Å². The number of thiazole rings is 1. The Labute approximate surface area is 270 Å². The molecule has 5 heterocycles. The molecule has 3 atom stereocenters. The number of hydrogen-bond acceptors (Lipinski definition) is 18. The van der Waals surface area contributed by atoms with Crippen LogP contribution in [0.4, 0.5) is 5.13 Å². The number of aromatic nitrogens is 1. The minimum absolute atomic E-state index is 0.0841. The molecule has 0 radical (unpaired) electrons. The lowest BCUT2D eigenvalue weighted by atomic mass is 10.1. The second-order valence-corrected chi connectivity index (χ2v) is 12.7. The Bertz CT molecular complexity index is 1830. The number of amides is 2. The standard InChI is InChI=1S/C23H23N7O16S2/c24-21-26-11(6-47-21)15(27-46-22(7-31,8-32)19(38)39)16(35)25-10-5-44-30(17(10)36)23(20(40)41)2-12(18(37)45-23)29-3-9-1-13(33)14(34)4-28(9)48(29,42)43/h1,3-4,6,10,12,31-34H,2,5,7-8H2,(H2,24,26)(H,25,35)(H,38,39)(H,40,41)/b27-15-/t10-,12?,23?/m0/s1. The lowest BCUT2D eigenvalue weighted by Gasteiger charge is -2.31. The van der Waals surface area contributed by atoms with Crippen LogP contribution in [0, 0.1) is 0 Å². The van der Waals surface area contributed by atoms with Crippen LogP contribution in [-0.4, -0.2) is 136 Å². The van der Waals surface area contributed by atoms with Crippen LogP contribution in [0.15, 0.2) is 46.2 Å². The molecule has 0 aliphatic carbocycles. The zero-order valence-corrected chi connectivity index (χ0v) is 25.3. The van der Waals surface area contributed by atoms with Gasteiger partial charge in [0.05, 0.1) is 31.5 Å². The number of aliphatic hydroxyl groups excluding tert-OH is 4. The zero-order chi connectivity index (χ0) is 35.3. The number of aliphatic hydroxyl groups is 4. The van der Waals surface area contributed by atoms with E-state index >= 15 is 0 Å². The van der Waals surface area contributed by atoms with Gasteiger partial charge in [-0.1, -0.05) is 5.16 Å². The molecule has 2 amide bonds. The van der Waals surface area contributed by atoms with Crippen molar-refractivity contribution in [2.75, 3.05) is 25.6 Å². The second kappa shape index (κ2) is 11.9. The van der Waals surface area contributed by atoms with E-state index in [1.54, 1.807) is 0 Å². The van der Waals surface area contributed by atoms with E-state index in [0.717, 1.165) is 23.6 Å². The Hall–Kier alpha value is -5.50. The van der Waals surface area contributed by atoms with Gasteiger partial charge in [-0.3, -0.25) is 14.4 Å². The van der Waals surface area contributed by atoms with Crippen molar-refractivity contribution in [3.8, 4) is 0 Å². The first-order chi connectivity index (χ1) is 22.5. The summed E-state index contributed by atoms with van der Waals surface area (Å²) in [6.45, 7) is -3.34. The molecule has 5 rings (SSSR count). The minimum Gasteiger partial charge on any atom is -0.504 e. The predicted octanol–water partition coefficient (Wildman–Crippen LogP) is -3.83. The molecular formula is C23H23N7O16S2. The molecule has 2 unspecified atom stereocenters. The van der Waals surface area contributed by atoms with E-state index in [1.807, 2.05) is 0 Å². The summed E-state index contributed by atoms with van der Waals surface area (Å²) in [4.78, 5) is 77.6. The van der Waals surface area contributed by atoms with Gasteiger partial charge in [0.15, 0.2) is 22.4 Å². The fraction of sp³-hybridized carbons (Fsp3) is 0.348. The van der Waals surface area contributed by atoms with Crippen LogP contribution in [0.2, 0.25) is 0 Å². The number of nitrogens with one attached hydrogen (secondary N) is 1. The third kappa shape index (κ3) is 5.37. The summed E-state index contributed by atoms with van der Waals surface area (Å²) in [6.07, 6.45) is 1.32. The van der Waals surface area contributed by atoms with E-state index in [-0.39, 0.29) is 21.6 Å². The van der Waals surface area contributed by atoms with E-state index < -0.39 is 107 Å². The first-order valence-corrected chi connectivity index (χ1v) is 15.3. The van der Waals surface area contributed by atoms with E-state index in [2.05, 4.69) is 15.5 Å². The summed E-state index contributed by atoms with van der Waals surface area (Å²) in [5.74, 6) is -9.36. The molecule has 1 aromatic heterocycles. The number of rotatable bonds is 11. The van der Waals surface area contributed by atoms with Crippen LogP contribution in [0.1, 0.15) is 12.1 Å². The van der Waals surface area contributed by atoms with Crippen LogP contribution in [-0.2, 0) is 48.6 Å². The van der Waals surface area contributed by atoms with Gasteiger partial charge in [-0.25, -0.2) is 28.0 Å². The molecule has 4 aliphatic heterocycles. The maximum absolute atomic E-state index is 13.4. The lowest BCUT2D eigenvalue weighted by Crippen LogP contribution is -2.57. The number of fused-ring (bicyclic) bond motifs is 1. The highest BCUT2D eigenvalue weighted by molar-refractivity contribution is 7.87. The van der Waals surface area contributed by atoms with Gasteiger partial charge in [-0.2, -0.15) is 13.5 Å². The maximum Gasteiger partial charge on any atom is 0.372 e. The van der Waals surface area contributed by atoms with Crippen LogP contribution in [0.3, 0.4) is 0 Å². The fourth-order valence-corrected chi connectivity index (χ4v) is 6.66. The molecule has 4 aliphatic rings. The average molecular weight is 718 g/mol. The van der Waals surface area contributed by atoms with Crippen molar-refractivity contribution in [3.63, 3.8) is 0 Å². The number of ether oxygens (including phenoxy) is 1. The molecule has 0 saturated carbocycles. The molecule has 25 heteroatoms. The van der Waals surface area contributed by atoms with Gasteiger partial charge in [0.25, 0.3) is 17.4 Å². The number of nitrogen functional groups attached to an aromatic ring is 1. The van der Waals surface area contributed by atoms with Crippen molar-refractivity contribution < 1.29 is 77.4 Å². The summed E-state index contributed by atoms with van der Waals surface area (Å²) < 4.78 is 32.3. The first kappa shape index (κ1) is 33.9. The fourth-order valence-electron chi connectivity index (χ4n) is 4.58. The molecule has 9 N–H and O–H groups in total. The van der Waals surface area contributed by atoms with Crippen LogP contribution in [0.5, 0.6) is 0 Å². The van der Waals surface area contributed by atoms with Crippen molar-refractivity contribution in [3.05, 3.63) is 46.8 Å². The van der Waals surface area contributed by atoms with Crippen molar-refractivity contribution >= 4 is 62.1 Å². The van der Waals surface area contributed by atoms with Gasteiger partial charge in [0.2, 0.25) is 0 Å². The highest BCUT2D eigenvalue weighted by Gasteiger charge is 2.65. The van der Waals surface area contributed by atoms with Gasteiger partial charge < -0.3 is 51.3 Å². The Morgan fingerprint density at radius 1 is 1.19 bits per heavy atom. The highest BCUT2D eigenvalue weighted by Crippen LogP contribution is 2.41. The van der Waals surface area contributed by atoms with Gasteiger partial charge in [0.1, 0.15) is 24.4 Å². The number of carbonyl (C=O) groups excluding carboxylic acids is 3. The molecule has 1 aromatic rings. The van der Waals surface area contributed by atoms with Gasteiger partial charge in [-0.05, 0) is 0 Å². The number of hydroxylamine groups is 2. The number of oxime groups is 1. The predicted molar refractivity (Wildman–Crippen MR) is 150 cm³/mol. The number of carboxylic acid groups (broad SMARTS) is 2. The summed E-state index contributed by atoms with van der Waals surface area (Å²) >= 11 is 0.818. The Balaban J connectivity index is 1.38. The van der Waals surface area contributed by atoms with Crippen LogP contribution < -0.4 is 11.1 Å². The highest BCUT2D eigenvalue weighted by atomic mass is 32.2. The van der Waals surface area contributed by atoms with Gasteiger partial charge in [-0.15, -0.1) is 11.3 Å². The molecular weight excluding hydrogens is 694 g/mol. The van der Waals surface area contributed by atoms with Gasteiger partial charge >= 0.3 is 33.8 Å². The summed E-state index contributed by atoms with van der Waals surface area (Å²) in [5, 5.41) is 64.7. The maximum atomic E-state index is 13.4. The Morgan fingerprint density at radius 3 is 2.46 bits per heavy atom. The van der Waals surface area contributed by atoms with Crippen LogP contribution in [0.25, 0.3) is 0 Å². The molecule has 0 aromatic carbocycles. The quantitative estimate of drug-likeness (QED) is 0.0617. The van der Waals surface area contributed by atoms with Crippen molar-refractivity contribution in [2.45, 2.75) is 29.8 Å².